The van der Waals surface area contributed by atoms with Crippen LogP contribution < -0.4 is 15.8 Å². The summed E-state index contributed by atoms with van der Waals surface area (Å²) < 4.78 is 5.21. The highest BCUT2D eigenvalue weighted by molar-refractivity contribution is 6.05. The lowest BCUT2D eigenvalue weighted by molar-refractivity contribution is 0.0938. The minimum absolute atomic E-state index is 0.0328. The minimum atomic E-state index is -0.203. The van der Waals surface area contributed by atoms with Gasteiger partial charge < -0.3 is 20.7 Å². The molecule has 1 atom stereocenters. The number of aromatic nitrogens is 1. The highest BCUT2D eigenvalue weighted by Gasteiger charge is 2.18. The monoisotopic (exact) mass is 364 g/mol. The van der Waals surface area contributed by atoms with Crippen molar-refractivity contribution in [1.82, 2.24) is 15.2 Å². The van der Waals surface area contributed by atoms with Crippen molar-refractivity contribution in [3.05, 3.63) is 66.0 Å². The van der Waals surface area contributed by atoms with Crippen LogP contribution in [-0.4, -0.2) is 43.5 Å². The lowest BCUT2D eigenvalue weighted by Crippen LogP contribution is -2.35. The maximum absolute atomic E-state index is 12.8. The standard InChI is InChI=1S/C21H24N4O2/c1-25(2)19(14-4-7-17(27-3)8-5-14)13-24-21(26)20-18-9-6-16(22)12-15(18)10-11-23-20/h4-12,19H,13,22H2,1-3H3,(H,24,26). The number of pyridine rings is 1. The molecular weight excluding hydrogens is 340 g/mol. The van der Waals surface area contributed by atoms with Crippen LogP contribution in [0.1, 0.15) is 22.1 Å². The number of anilines is 1. The summed E-state index contributed by atoms with van der Waals surface area (Å²) in [5.41, 5.74) is 7.99. The maximum Gasteiger partial charge on any atom is 0.270 e. The number of ether oxygens (including phenoxy) is 1. The van der Waals surface area contributed by atoms with Gasteiger partial charge in [-0.1, -0.05) is 12.1 Å². The van der Waals surface area contributed by atoms with Crippen molar-refractivity contribution in [2.75, 3.05) is 33.5 Å². The van der Waals surface area contributed by atoms with Gasteiger partial charge in [0.05, 0.1) is 13.2 Å². The molecule has 0 saturated heterocycles. The normalized spacial score (nSPS) is 12.1. The molecule has 0 aliphatic carbocycles. The van der Waals surface area contributed by atoms with Crippen LogP contribution in [0.2, 0.25) is 0 Å². The number of nitrogens with one attached hydrogen (secondary N) is 1. The van der Waals surface area contributed by atoms with E-state index in [1.165, 1.54) is 0 Å². The van der Waals surface area contributed by atoms with Crippen molar-refractivity contribution >= 4 is 22.4 Å². The zero-order chi connectivity index (χ0) is 19.4. The average Bonchev–Trinajstić information content (AvgIpc) is 2.67. The summed E-state index contributed by atoms with van der Waals surface area (Å²) in [6, 6.07) is 15.2. The molecule has 3 rings (SSSR count). The number of hydrogen-bond donors (Lipinski definition) is 2. The van der Waals surface area contributed by atoms with Gasteiger partial charge in [0.2, 0.25) is 0 Å². The number of nitrogen functional groups attached to an aromatic ring is 1. The molecule has 27 heavy (non-hydrogen) atoms. The van der Waals surface area contributed by atoms with Gasteiger partial charge in [-0.2, -0.15) is 0 Å². The fourth-order valence-corrected chi connectivity index (χ4v) is 3.08. The average molecular weight is 364 g/mol. The quantitative estimate of drug-likeness (QED) is 0.658. The lowest BCUT2D eigenvalue weighted by Gasteiger charge is -2.25. The Bertz CT molecular complexity index is 939. The van der Waals surface area contributed by atoms with E-state index in [1.54, 1.807) is 19.4 Å². The third-order valence-electron chi connectivity index (χ3n) is 4.58. The number of carbonyl (C=O) groups is 1. The summed E-state index contributed by atoms with van der Waals surface area (Å²) in [6.45, 7) is 0.463. The Balaban J connectivity index is 1.78. The first-order valence-corrected chi connectivity index (χ1v) is 8.72. The number of benzene rings is 2. The van der Waals surface area contributed by atoms with E-state index in [1.807, 2.05) is 56.6 Å². The number of amides is 1. The van der Waals surface area contributed by atoms with Crippen LogP contribution in [-0.2, 0) is 0 Å². The minimum Gasteiger partial charge on any atom is -0.497 e. The number of rotatable bonds is 6. The molecule has 0 aliphatic heterocycles. The van der Waals surface area contributed by atoms with Gasteiger partial charge in [-0.25, -0.2) is 0 Å². The van der Waals surface area contributed by atoms with Gasteiger partial charge >= 0.3 is 0 Å². The summed E-state index contributed by atoms with van der Waals surface area (Å²) in [6.07, 6.45) is 1.63. The fourth-order valence-electron chi connectivity index (χ4n) is 3.08. The molecule has 6 heteroatoms. The van der Waals surface area contributed by atoms with Gasteiger partial charge in [-0.15, -0.1) is 0 Å². The second-order valence-electron chi connectivity index (χ2n) is 6.60. The SMILES string of the molecule is COc1ccc(C(CNC(=O)c2nccc3cc(N)ccc23)N(C)C)cc1. The summed E-state index contributed by atoms with van der Waals surface area (Å²) in [4.78, 5) is 19.1. The van der Waals surface area contributed by atoms with Crippen LogP contribution in [0.15, 0.2) is 54.7 Å². The maximum atomic E-state index is 12.8. The third kappa shape index (κ3) is 4.17. The van der Waals surface area contributed by atoms with E-state index in [0.717, 1.165) is 22.1 Å². The number of carbonyl (C=O) groups excluding carboxylic acids is 1. The molecule has 1 amide bonds. The highest BCUT2D eigenvalue weighted by Crippen LogP contribution is 2.22. The summed E-state index contributed by atoms with van der Waals surface area (Å²) in [5.74, 6) is 0.602. The molecule has 0 fully saturated rings. The molecule has 1 unspecified atom stereocenters. The Kier molecular flexibility index (Phi) is 5.57. The van der Waals surface area contributed by atoms with Crippen LogP contribution in [0.25, 0.3) is 10.8 Å². The predicted octanol–water partition coefficient (Wildman–Crippen LogP) is 2.86. The topological polar surface area (TPSA) is 80.5 Å². The van der Waals surface area contributed by atoms with E-state index in [0.29, 0.717) is 17.9 Å². The Morgan fingerprint density at radius 1 is 1.19 bits per heavy atom. The van der Waals surface area contributed by atoms with Gasteiger partial charge in [0, 0.05) is 23.8 Å². The Labute approximate surface area is 159 Å². The first-order valence-electron chi connectivity index (χ1n) is 8.72. The van der Waals surface area contributed by atoms with Crippen molar-refractivity contribution < 1.29 is 9.53 Å². The van der Waals surface area contributed by atoms with E-state index < -0.39 is 0 Å². The molecule has 0 radical (unpaired) electrons. The highest BCUT2D eigenvalue weighted by atomic mass is 16.5. The molecule has 0 bridgehead atoms. The molecular formula is C21H24N4O2. The number of fused-ring (bicyclic) bond motifs is 1. The second-order valence-corrected chi connectivity index (χ2v) is 6.60. The molecule has 2 aromatic carbocycles. The zero-order valence-corrected chi connectivity index (χ0v) is 15.8. The van der Waals surface area contributed by atoms with Crippen LogP contribution in [0.4, 0.5) is 5.69 Å². The number of hydrogen-bond acceptors (Lipinski definition) is 5. The number of likely N-dealkylation sites (N-methyl/N-ethyl adjacent to an activating group) is 1. The van der Waals surface area contributed by atoms with E-state index >= 15 is 0 Å². The molecule has 1 heterocycles. The number of methoxy groups -OCH3 is 1. The van der Waals surface area contributed by atoms with Gasteiger partial charge in [0.15, 0.2) is 0 Å². The van der Waals surface area contributed by atoms with Gasteiger partial charge in [-0.3, -0.25) is 9.78 Å². The Morgan fingerprint density at radius 3 is 2.59 bits per heavy atom. The van der Waals surface area contributed by atoms with Crippen LogP contribution in [0.5, 0.6) is 5.75 Å². The summed E-state index contributed by atoms with van der Waals surface area (Å²) in [5, 5.41) is 4.69. The molecule has 140 valence electrons. The molecule has 3 aromatic rings. The molecule has 0 aliphatic rings. The first-order chi connectivity index (χ1) is 13.0. The van der Waals surface area contributed by atoms with Crippen LogP contribution in [0, 0.1) is 0 Å². The third-order valence-corrected chi connectivity index (χ3v) is 4.58. The smallest absolute Gasteiger partial charge is 0.270 e. The van der Waals surface area contributed by atoms with Gasteiger partial charge in [-0.05, 0) is 61.4 Å². The molecule has 1 aromatic heterocycles. The Morgan fingerprint density at radius 2 is 1.93 bits per heavy atom. The second kappa shape index (κ2) is 8.05. The van der Waals surface area contributed by atoms with Gasteiger partial charge in [0.1, 0.15) is 11.4 Å². The summed E-state index contributed by atoms with van der Waals surface area (Å²) in [7, 11) is 5.61. The fraction of sp³-hybridized carbons (Fsp3) is 0.238. The van der Waals surface area contributed by atoms with Crippen LogP contribution >= 0.6 is 0 Å². The van der Waals surface area contributed by atoms with Crippen molar-refractivity contribution in [3.8, 4) is 5.75 Å². The first kappa shape index (κ1) is 18.7. The van der Waals surface area contributed by atoms with Crippen molar-refractivity contribution in [3.63, 3.8) is 0 Å². The predicted molar refractivity (Wildman–Crippen MR) is 108 cm³/mol. The summed E-state index contributed by atoms with van der Waals surface area (Å²) >= 11 is 0. The van der Waals surface area contributed by atoms with E-state index in [2.05, 4.69) is 15.2 Å². The number of nitrogens with zero attached hydrogens (tertiary/aromatic N) is 2. The van der Waals surface area contributed by atoms with E-state index in [4.69, 9.17) is 10.5 Å². The lowest BCUT2D eigenvalue weighted by atomic mass is 10.1. The molecule has 6 nitrogen and oxygen atoms in total. The van der Waals surface area contributed by atoms with Gasteiger partial charge in [0.25, 0.3) is 5.91 Å². The van der Waals surface area contributed by atoms with Crippen LogP contribution in [0.3, 0.4) is 0 Å². The number of nitrogens with two attached hydrogens (primary N) is 1. The zero-order valence-electron chi connectivity index (χ0n) is 15.8. The largest absolute Gasteiger partial charge is 0.497 e. The van der Waals surface area contributed by atoms with E-state index in [-0.39, 0.29) is 11.9 Å². The van der Waals surface area contributed by atoms with E-state index in [9.17, 15) is 4.79 Å². The Hall–Kier alpha value is -3.12. The molecule has 0 saturated carbocycles. The molecule has 3 N–H and O–H groups in total. The van der Waals surface area contributed by atoms with Crippen molar-refractivity contribution in [1.29, 1.82) is 0 Å². The van der Waals surface area contributed by atoms with Crippen molar-refractivity contribution in [2.45, 2.75) is 6.04 Å². The molecule has 0 spiro atoms. The van der Waals surface area contributed by atoms with Crippen molar-refractivity contribution in [2.24, 2.45) is 0 Å².